The predicted octanol–water partition coefficient (Wildman–Crippen LogP) is 2.98. The summed E-state index contributed by atoms with van der Waals surface area (Å²) in [6.45, 7) is -1.38. The monoisotopic (exact) mass is 439 g/mol. The molecule has 4 rings (SSSR count). The van der Waals surface area contributed by atoms with Gasteiger partial charge in [0.15, 0.2) is 17.6 Å². The first-order valence-corrected chi connectivity index (χ1v) is 9.26. The molecule has 0 saturated heterocycles. The summed E-state index contributed by atoms with van der Waals surface area (Å²) in [6, 6.07) is 4.36. The van der Waals surface area contributed by atoms with Crippen molar-refractivity contribution < 1.29 is 27.2 Å². The molecule has 0 radical (unpaired) electrons. The van der Waals surface area contributed by atoms with E-state index >= 15 is 0 Å². The first-order chi connectivity index (χ1) is 14.4. The molecule has 0 saturated carbocycles. The van der Waals surface area contributed by atoms with Crippen molar-refractivity contribution in [2.75, 3.05) is 11.9 Å². The van der Waals surface area contributed by atoms with Crippen LogP contribution in [0.5, 0.6) is 5.75 Å². The van der Waals surface area contributed by atoms with Gasteiger partial charge in [-0.2, -0.15) is 23.3 Å². The molecule has 0 unspecified atom stereocenters. The van der Waals surface area contributed by atoms with Crippen LogP contribution in [0.3, 0.4) is 0 Å². The number of aromatic nitrogens is 6. The number of carbonyl (C=O) groups excluding carboxylic acids is 1. The van der Waals surface area contributed by atoms with Gasteiger partial charge in [-0.05, 0) is 18.2 Å². The van der Waals surface area contributed by atoms with E-state index in [0.29, 0.717) is 21.2 Å². The van der Waals surface area contributed by atoms with Crippen molar-refractivity contribution in [3.8, 4) is 17.4 Å². The van der Waals surface area contributed by atoms with Crippen LogP contribution in [0.2, 0.25) is 0 Å². The quantitative estimate of drug-likeness (QED) is 0.449. The molecule has 2 N–H and O–H groups in total. The van der Waals surface area contributed by atoms with Crippen LogP contribution in [-0.2, 0) is 11.2 Å². The average molecular weight is 439 g/mol. The van der Waals surface area contributed by atoms with Crippen LogP contribution in [0.1, 0.15) is 12.3 Å². The number of rotatable bonds is 7. The number of fused-ring (bicyclic) bond motifs is 1. The Labute approximate surface area is 169 Å². The van der Waals surface area contributed by atoms with Gasteiger partial charge in [0.1, 0.15) is 12.1 Å². The van der Waals surface area contributed by atoms with Crippen LogP contribution in [0, 0.1) is 0 Å². The van der Waals surface area contributed by atoms with Crippen molar-refractivity contribution in [1.82, 2.24) is 30.3 Å². The molecule has 0 aliphatic heterocycles. The Hall–Kier alpha value is -3.55. The maximum absolute atomic E-state index is 12.3. The highest BCUT2D eigenvalue weighted by Gasteiger charge is 2.28. The van der Waals surface area contributed by atoms with E-state index in [4.69, 9.17) is 9.26 Å². The lowest BCUT2D eigenvalue weighted by molar-refractivity contribution is -0.153. The Kier molecular flexibility index (Phi) is 5.31. The molecule has 0 bridgehead atoms. The largest absolute Gasteiger partial charge is 0.484 e. The Morgan fingerprint density at radius 2 is 2.17 bits per heavy atom. The van der Waals surface area contributed by atoms with E-state index in [1.165, 1.54) is 24.5 Å². The van der Waals surface area contributed by atoms with Crippen LogP contribution in [0.15, 0.2) is 29.0 Å². The lowest BCUT2D eigenvalue weighted by Crippen LogP contribution is -2.19. The summed E-state index contributed by atoms with van der Waals surface area (Å²) in [5.41, 5.74) is 0.531. The fourth-order valence-corrected chi connectivity index (χ4v) is 3.29. The summed E-state index contributed by atoms with van der Waals surface area (Å²) in [6.07, 6.45) is -2.85. The normalized spacial score (nSPS) is 11.7. The highest BCUT2D eigenvalue weighted by molar-refractivity contribution is 7.22. The van der Waals surface area contributed by atoms with E-state index in [-0.39, 0.29) is 36.2 Å². The van der Waals surface area contributed by atoms with Crippen molar-refractivity contribution in [2.45, 2.75) is 19.0 Å². The number of alkyl halides is 3. The maximum Gasteiger partial charge on any atom is 0.422 e. The number of carbonyl (C=O) groups is 1. The number of hydrogen-bond acceptors (Lipinski definition) is 9. The molecule has 0 aliphatic rings. The van der Waals surface area contributed by atoms with E-state index < -0.39 is 12.8 Å². The molecular formula is C16H12F3N7O3S. The second-order valence-electron chi connectivity index (χ2n) is 5.95. The fraction of sp³-hybridized carbons (Fsp3) is 0.250. The minimum atomic E-state index is -4.42. The molecule has 1 amide bonds. The first-order valence-electron chi connectivity index (χ1n) is 8.44. The number of hydrogen-bond donors (Lipinski definition) is 2. The second-order valence-corrected chi connectivity index (χ2v) is 6.98. The highest BCUT2D eigenvalue weighted by atomic mass is 32.1. The zero-order chi connectivity index (χ0) is 21.1. The summed E-state index contributed by atoms with van der Waals surface area (Å²) in [5, 5.41) is 13.0. The molecule has 156 valence electrons. The number of thiazole rings is 1. The number of H-pyrrole nitrogens is 1. The Morgan fingerprint density at radius 1 is 1.30 bits per heavy atom. The summed E-state index contributed by atoms with van der Waals surface area (Å²) in [7, 11) is 0. The number of nitrogens with one attached hydrogen (secondary N) is 2. The van der Waals surface area contributed by atoms with Gasteiger partial charge < -0.3 is 14.6 Å². The van der Waals surface area contributed by atoms with Crippen LogP contribution >= 0.6 is 11.3 Å². The van der Waals surface area contributed by atoms with Gasteiger partial charge in [0.2, 0.25) is 17.6 Å². The zero-order valence-electron chi connectivity index (χ0n) is 14.9. The van der Waals surface area contributed by atoms with Gasteiger partial charge in [-0.3, -0.25) is 9.89 Å². The zero-order valence-corrected chi connectivity index (χ0v) is 15.8. The molecule has 0 atom stereocenters. The summed E-state index contributed by atoms with van der Waals surface area (Å²) >= 11 is 1.12. The fourth-order valence-electron chi connectivity index (χ4n) is 2.38. The third-order valence-electron chi connectivity index (χ3n) is 3.67. The molecule has 14 heteroatoms. The van der Waals surface area contributed by atoms with E-state index in [0.717, 1.165) is 11.3 Å². The van der Waals surface area contributed by atoms with Crippen molar-refractivity contribution >= 4 is 32.6 Å². The molecule has 10 nitrogen and oxygen atoms in total. The molecule has 4 aromatic rings. The summed E-state index contributed by atoms with van der Waals surface area (Å²) in [5.74, 6) is 0.578. The number of nitrogens with zero attached hydrogens (tertiary/aromatic N) is 5. The van der Waals surface area contributed by atoms with Gasteiger partial charge in [-0.15, -0.1) is 0 Å². The predicted molar refractivity (Wildman–Crippen MR) is 97.8 cm³/mol. The first kappa shape index (κ1) is 19.8. The number of amides is 1. The number of ether oxygens (including phenoxy) is 1. The van der Waals surface area contributed by atoms with Crippen LogP contribution < -0.4 is 10.1 Å². The molecule has 1 aromatic carbocycles. The van der Waals surface area contributed by atoms with Crippen LogP contribution in [0.4, 0.5) is 18.3 Å². The van der Waals surface area contributed by atoms with Gasteiger partial charge in [-0.1, -0.05) is 16.5 Å². The van der Waals surface area contributed by atoms with Crippen LogP contribution in [-0.4, -0.2) is 49.0 Å². The number of halogens is 3. The Morgan fingerprint density at radius 3 is 2.93 bits per heavy atom. The van der Waals surface area contributed by atoms with Gasteiger partial charge >= 0.3 is 6.18 Å². The number of benzene rings is 1. The lowest BCUT2D eigenvalue weighted by atomic mass is 10.3. The number of aromatic amines is 1. The molecule has 0 fully saturated rings. The minimum absolute atomic E-state index is 0.0634. The lowest BCUT2D eigenvalue weighted by Gasteiger charge is -2.08. The van der Waals surface area contributed by atoms with E-state index in [1.807, 2.05) is 0 Å². The van der Waals surface area contributed by atoms with Crippen molar-refractivity contribution in [3.05, 3.63) is 30.4 Å². The highest BCUT2D eigenvalue weighted by Crippen LogP contribution is 2.30. The van der Waals surface area contributed by atoms with E-state index in [9.17, 15) is 18.0 Å². The topological polar surface area (TPSA) is 132 Å². The van der Waals surface area contributed by atoms with Gasteiger partial charge in [0.05, 0.1) is 10.2 Å². The third-order valence-corrected chi connectivity index (χ3v) is 4.60. The van der Waals surface area contributed by atoms with Gasteiger partial charge in [0, 0.05) is 12.8 Å². The molecule has 3 heterocycles. The summed E-state index contributed by atoms with van der Waals surface area (Å²) < 4.78 is 47.2. The number of anilines is 1. The molecule has 30 heavy (non-hydrogen) atoms. The minimum Gasteiger partial charge on any atom is -0.484 e. The van der Waals surface area contributed by atoms with Gasteiger partial charge in [-0.25, -0.2) is 9.97 Å². The molecule has 3 aromatic heterocycles. The summed E-state index contributed by atoms with van der Waals surface area (Å²) in [4.78, 5) is 24.4. The molecular weight excluding hydrogens is 427 g/mol. The Bertz CT molecular complexity index is 1160. The SMILES string of the molecule is O=C(CCc1nc(-c2ncn[nH]2)no1)Nc1nc2ccc(OCC(F)(F)F)cc2s1. The second kappa shape index (κ2) is 8.06. The van der Waals surface area contributed by atoms with Crippen LogP contribution in [0.25, 0.3) is 21.9 Å². The van der Waals surface area contributed by atoms with Crippen molar-refractivity contribution in [1.29, 1.82) is 0 Å². The standard InChI is InChI=1S/C16H12F3N7O3S/c17-16(18,19)6-28-8-1-2-9-10(5-8)30-15(22-9)23-11(27)3-4-12-24-14(26-29-12)13-20-7-21-25-13/h1-2,5,7H,3-4,6H2,(H,20,21,25)(H,22,23,27). The Balaban J connectivity index is 1.34. The van der Waals surface area contributed by atoms with Crippen molar-refractivity contribution in [3.63, 3.8) is 0 Å². The van der Waals surface area contributed by atoms with E-state index in [1.54, 1.807) is 0 Å². The third kappa shape index (κ3) is 4.89. The maximum atomic E-state index is 12.3. The van der Waals surface area contributed by atoms with Gasteiger partial charge in [0.25, 0.3) is 0 Å². The average Bonchev–Trinajstić information content (AvgIpc) is 3.43. The smallest absolute Gasteiger partial charge is 0.422 e. The van der Waals surface area contributed by atoms with Crippen molar-refractivity contribution in [2.24, 2.45) is 0 Å². The molecule has 0 aliphatic carbocycles. The molecule has 0 spiro atoms. The number of aryl methyl sites for hydroxylation is 1. The van der Waals surface area contributed by atoms with E-state index in [2.05, 4.69) is 35.6 Å².